The highest BCUT2D eigenvalue weighted by molar-refractivity contribution is 6.04. The van der Waals surface area contributed by atoms with Crippen molar-refractivity contribution in [3.8, 4) is 5.75 Å². The number of hydrogen-bond acceptors (Lipinski definition) is 4. The second kappa shape index (κ2) is 8.95. The molecule has 0 radical (unpaired) electrons. The molecule has 8 nitrogen and oxygen atoms in total. The summed E-state index contributed by atoms with van der Waals surface area (Å²) < 4.78 is 5.76. The summed E-state index contributed by atoms with van der Waals surface area (Å²) in [6, 6.07) is 8.77. The number of carbonyl (C=O) groups excluding carboxylic acids is 2. The lowest BCUT2D eigenvalue weighted by Gasteiger charge is -2.35. The SMILES string of the molecule is CC(C)CCN=C1NC2C(C(=O)NC(=O)N2C)N1CCCOc1ccccc1. The van der Waals surface area contributed by atoms with E-state index in [2.05, 4.69) is 29.5 Å². The summed E-state index contributed by atoms with van der Waals surface area (Å²) >= 11 is 0. The highest BCUT2D eigenvalue weighted by Gasteiger charge is 2.49. The maximum absolute atomic E-state index is 12.5. The molecule has 0 aliphatic carbocycles. The first-order chi connectivity index (χ1) is 13.5. The number of carbonyl (C=O) groups is 2. The second-order valence-electron chi connectivity index (χ2n) is 7.54. The fourth-order valence-electron chi connectivity index (χ4n) is 3.34. The number of amides is 3. The first-order valence-electron chi connectivity index (χ1n) is 9.80. The number of nitrogens with zero attached hydrogens (tertiary/aromatic N) is 3. The van der Waals surface area contributed by atoms with E-state index in [1.165, 1.54) is 4.90 Å². The normalized spacial score (nSPS) is 23.1. The number of benzene rings is 1. The van der Waals surface area contributed by atoms with E-state index in [4.69, 9.17) is 4.74 Å². The predicted octanol–water partition coefficient (Wildman–Crippen LogP) is 1.64. The fraction of sp³-hybridized carbons (Fsp3) is 0.550. The van der Waals surface area contributed by atoms with Crippen molar-refractivity contribution in [3.05, 3.63) is 30.3 Å². The molecule has 8 heteroatoms. The van der Waals surface area contributed by atoms with Crippen LogP contribution in [0.1, 0.15) is 26.7 Å². The quantitative estimate of drug-likeness (QED) is 0.663. The molecule has 2 heterocycles. The molecular weight excluding hydrogens is 358 g/mol. The Balaban J connectivity index is 1.66. The summed E-state index contributed by atoms with van der Waals surface area (Å²) in [6.07, 6.45) is 1.29. The minimum atomic E-state index is -0.489. The average molecular weight is 387 g/mol. The van der Waals surface area contributed by atoms with Crippen molar-refractivity contribution >= 4 is 17.9 Å². The largest absolute Gasteiger partial charge is 0.494 e. The number of fused-ring (bicyclic) bond motifs is 1. The number of nitrogens with one attached hydrogen (secondary N) is 2. The molecule has 2 aliphatic heterocycles. The number of para-hydroxylation sites is 1. The van der Waals surface area contributed by atoms with Gasteiger partial charge in [-0.05, 0) is 30.9 Å². The number of rotatable bonds is 8. The van der Waals surface area contributed by atoms with Gasteiger partial charge >= 0.3 is 6.03 Å². The van der Waals surface area contributed by atoms with Gasteiger partial charge in [-0.15, -0.1) is 0 Å². The smallest absolute Gasteiger partial charge is 0.325 e. The van der Waals surface area contributed by atoms with Crippen LogP contribution in [-0.4, -0.2) is 66.6 Å². The van der Waals surface area contributed by atoms with Crippen molar-refractivity contribution in [3.63, 3.8) is 0 Å². The predicted molar refractivity (Wildman–Crippen MR) is 107 cm³/mol. The van der Waals surface area contributed by atoms with Gasteiger partial charge in [-0.3, -0.25) is 15.1 Å². The van der Waals surface area contributed by atoms with E-state index in [1.807, 2.05) is 35.2 Å². The zero-order valence-electron chi connectivity index (χ0n) is 16.7. The number of aliphatic imine (C=N–C) groups is 1. The Kier molecular flexibility index (Phi) is 6.38. The summed E-state index contributed by atoms with van der Waals surface area (Å²) in [7, 11) is 1.68. The van der Waals surface area contributed by atoms with Gasteiger partial charge in [0.15, 0.2) is 12.0 Å². The van der Waals surface area contributed by atoms with E-state index in [-0.39, 0.29) is 5.91 Å². The summed E-state index contributed by atoms with van der Waals surface area (Å²) in [4.78, 5) is 32.6. The van der Waals surface area contributed by atoms with Gasteiger partial charge in [0.1, 0.15) is 11.9 Å². The Morgan fingerprint density at radius 3 is 2.68 bits per heavy atom. The molecule has 1 aromatic carbocycles. The topological polar surface area (TPSA) is 86.3 Å². The first-order valence-corrected chi connectivity index (χ1v) is 9.80. The minimum absolute atomic E-state index is 0.293. The summed E-state index contributed by atoms with van der Waals surface area (Å²) in [5.74, 6) is 1.76. The highest BCUT2D eigenvalue weighted by atomic mass is 16.5. The van der Waals surface area contributed by atoms with Crippen molar-refractivity contribution in [2.24, 2.45) is 10.9 Å². The van der Waals surface area contributed by atoms with E-state index in [0.29, 0.717) is 31.6 Å². The minimum Gasteiger partial charge on any atom is -0.494 e. The third-order valence-corrected chi connectivity index (χ3v) is 4.94. The zero-order valence-corrected chi connectivity index (χ0v) is 16.7. The molecule has 2 atom stereocenters. The molecule has 1 aromatic rings. The molecule has 152 valence electrons. The molecule has 2 aliphatic rings. The Morgan fingerprint density at radius 2 is 1.96 bits per heavy atom. The Morgan fingerprint density at radius 1 is 1.21 bits per heavy atom. The van der Waals surface area contributed by atoms with E-state index < -0.39 is 18.2 Å². The monoisotopic (exact) mass is 387 g/mol. The first kappa shape index (κ1) is 20.0. The molecule has 28 heavy (non-hydrogen) atoms. The third kappa shape index (κ3) is 4.55. The van der Waals surface area contributed by atoms with Crippen molar-refractivity contribution in [1.82, 2.24) is 20.4 Å². The van der Waals surface area contributed by atoms with Crippen LogP contribution < -0.4 is 15.4 Å². The summed E-state index contributed by atoms with van der Waals surface area (Å²) in [5, 5.41) is 5.69. The summed E-state index contributed by atoms with van der Waals surface area (Å²) in [5.41, 5.74) is 0. The summed E-state index contributed by atoms with van der Waals surface area (Å²) in [6.45, 7) is 6.13. The number of urea groups is 1. The van der Waals surface area contributed by atoms with Crippen LogP contribution in [-0.2, 0) is 4.79 Å². The van der Waals surface area contributed by atoms with Gasteiger partial charge in [-0.2, -0.15) is 0 Å². The van der Waals surface area contributed by atoms with Crippen molar-refractivity contribution in [2.75, 3.05) is 26.7 Å². The van der Waals surface area contributed by atoms with Crippen molar-refractivity contribution in [2.45, 2.75) is 38.9 Å². The molecule has 0 spiro atoms. The highest BCUT2D eigenvalue weighted by Crippen LogP contribution is 2.21. The lowest BCUT2D eigenvalue weighted by molar-refractivity contribution is -0.127. The third-order valence-electron chi connectivity index (χ3n) is 4.94. The molecule has 3 amide bonds. The van der Waals surface area contributed by atoms with Gasteiger partial charge in [0.2, 0.25) is 0 Å². The van der Waals surface area contributed by atoms with Crippen molar-refractivity contribution < 1.29 is 14.3 Å². The van der Waals surface area contributed by atoms with Crippen LogP contribution in [0.5, 0.6) is 5.75 Å². The van der Waals surface area contributed by atoms with Crippen LogP contribution in [0.25, 0.3) is 0 Å². The van der Waals surface area contributed by atoms with Gasteiger partial charge in [0, 0.05) is 20.1 Å². The molecule has 2 N–H and O–H groups in total. The van der Waals surface area contributed by atoms with Crippen LogP contribution in [0.15, 0.2) is 35.3 Å². The van der Waals surface area contributed by atoms with Gasteiger partial charge in [-0.25, -0.2) is 4.79 Å². The van der Waals surface area contributed by atoms with Gasteiger partial charge in [-0.1, -0.05) is 32.0 Å². The molecule has 2 unspecified atom stereocenters. The number of likely N-dealkylation sites (N-methyl/N-ethyl adjacent to an activating group) is 1. The molecule has 3 rings (SSSR count). The molecule has 0 aromatic heterocycles. The Hall–Kier alpha value is -2.77. The van der Waals surface area contributed by atoms with Gasteiger partial charge in [0.25, 0.3) is 5.91 Å². The van der Waals surface area contributed by atoms with Crippen molar-refractivity contribution in [1.29, 1.82) is 0 Å². The lowest BCUT2D eigenvalue weighted by atomic mass is 10.1. The van der Waals surface area contributed by atoms with Crippen LogP contribution in [0.4, 0.5) is 4.79 Å². The number of hydrogen-bond donors (Lipinski definition) is 2. The Labute approximate surface area is 165 Å². The molecule has 0 bridgehead atoms. The van der Waals surface area contributed by atoms with Crippen LogP contribution in [0.3, 0.4) is 0 Å². The maximum Gasteiger partial charge on any atom is 0.325 e. The van der Waals surface area contributed by atoms with Crippen LogP contribution in [0.2, 0.25) is 0 Å². The van der Waals surface area contributed by atoms with E-state index in [1.54, 1.807) is 7.05 Å². The zero-order chi connectivity index (χ0) is 20.1. The number of imide groups is 1. The molecular formula is C20H29N5O3. The van der Waals surface area contributed by atoms with Gasteiger partial charge < -0.3 is 19.9 Å². The van der Waals surface area contributed by atoms with Gasteiger partial charge in [0.05, 0.1) is 6.61 Å². The average Bonchev–Trinajstić information content (AvgIpc) is 3.03. The van der Waals surface area contributed by atoms with E-state index in [0.717, 1.165) is 18.6 Å². The van der Waals surface area contributed by atoms with Crippen LogP contribution in [0, 0.1) is 5.92 Å². The Bertz CT molecular complexity index is 722. The maximum atomic E-state index is 12.5. The van der Waals surface area contributed by atoms with E-state index >= 15 is 0 Å². The molecule has 2 fully saturated rings. The van der Waals surface area contributed by atoms with Crippen LogP contribution >= 0.6 is 0 Å². The number of guanidine groups is 1. The standard InChI is InChI=1S/C20H29N5O3/c1-14(2)10-11-21-19-22-17-16(18(26)23-20(27)24(17)3)25(19)12-7-13-28-15-8-5-4-6-9-15/h4-6,8-9,14,16-17H,7,10-13H2,1-3H3,(H,21,22)(H,23,26,27). The fourth-order valence-corrected chi connectivity index (χ4v) is 3.34. The number of ether oxygens (including phenoxy) is 1. The second-order valence-corrected chi connectivity index (χ2v) is 7.54. The molecule has 2 saturated heterocycles. The van der Waals surface area contributed by atoms with E-state index in [9.17, 15) is 9.59 Å². The lowest BCUT2D eigenvalue weighted by Crippen LogP contribution is -2.64. The molecule has 0 saturated carbocycles.